The van der Waals surface area contributed by atoms with Crippen LogP contribution in [0, 0.1) is 17.5 Å². The van der Waals surface area contributed by atoms with Gasteiger partial charge in [0, 0.05) is 41.9 Å². The van der Waals surface area contributed by atoms with Crippen molar-refractivity contribution in [2.75, 3.05) is 13.1 Å². The fourth-order valence-electron chi connectivity index (χ4n) is 6.90. The smallest absolute Gasteiger partial charge is 0.390 e. The number of alkyl halides is 3. The summed E-state index contributed by atoms with van der Waals surface area (Å²) in [5, 5.41) is 17.2. The van der Waals surface area contributed by atoms with Crippen LogP contribution in [0.1, 0.15) is 95.3 Å². The maximum atomic E-state index is 15.0. The van der Waals surface area contributed by atoms with Gasteiger partial charge in [-0.1, -0.05) is 38.8 Å². The number of nitrogens with one attached hydrogen (secondary N) is 2. The van der Waals surface area contributed by atoms with Gasteiger partial charge in [-0.2, -0.15) is 13.2 Å². The highest BCUT2D eigenvalue weighted by Crippen LogP contribution is 2.46. The van der Waals surface area contributed by atoms with Crippen LogP contribution in [0.3, 0.4) is 0 Å². The molecule has 0 bridgehead atoms. The molecular formula is C37H41F6N3O3. The Morgan fingerprint density at radius 3 is 2.22 bits per heavy atom. The quantitative estimate of drug-likeness (QED) is 0.158. The Hall–Kier alpha value is -3.90. The monoisotopic (exact) mass is 689 g/mol. The van der Waals surface area contributed by atoms with Gasteiger partial charge in [0.2, 0.25) is 0 Å². The zero-order valence-corrected chi connectivity index (χ0v) is 27.5. The molecule has 1 heterocycles. The maximum Gasteiger partial charge on any atom is 0.416 e. The molecule has 0 spiro atoms. The van der Waals surface area contributed by atoms with Crippen LogP contribution < -0.4 is 10.6 Å². The predicted octanol–water partition coefficient (Wildman–Crippen LogP) is 7.07. The first kappa shape index (κ1) is 36.4. The van der Waals surface area contributed by atoms with E-state index in [0.717, 1.165) is 62.1 Å². The minimum absolute atomic E-state index is 0.0133. The van der Waals surface area contributed by atoms with Crippen molar-refractivity contribution < 1.29 is 41.0 Å². The van der Waals surface area contributed by atoms with Crippen LogP contribution in [0.15, 0.2) is 54.6 Å². The van der Waals surface area contributed by atoms with Crippen LogP contribution in [-0.2, 0) is 24.6 Å². The summed E-state index contributed by atoms with van der Waals surface area (Å²) in [4.78, 5) is 29.1. The normalized spacial score (nSPS) is 16.8. The summed E-state index contributed by atoms with van der Waals surface area (Å²) < 4.78 is 83.4. The second-order valence-electron chi connectivity index (χ2n) is 13.1. The first-order valence-electron chi connectivity index (χ1n) is 16.7. The van der Waals surface area contributed by atoms with E-state index in [0.29, 0.717) is 43.0 Å². The van der Waals surface area contributed by atoms with Crippen LogP contribution in [0.25, 0.3) is 0 Å². The highest BCUT2D eigenvalue weighted by atomic mass is 19.4. The molecule has 0 radical (unpaired) electrons. The summed E-state index contributed by atoms with van der Waals surface area (Å²) in [7, 11) is 0. The number of fused-ring (bicyclic) bond motifs is 1. The average molecular weight is 690 g/mol. The molecule has 0 saturated heterocycles. The molecule has 0 aromatic heterocycles. The number of benzene rings is 3. The molecule has 1 aliphatic carbocycles. The Morgan fingerprint density at radius 1 is 0.959 bits per heavy atom. The SMILES string of the molecule is CCCC(CCC)N1CCc2c(C(=O)N[C@@H](Cc3cc(F)cc(F)c3)[C@H](O)CNC3(c4cccc(C(F)(F)F)c4)CC3)cc(F)cc2C1=O. The Balaban J connectivity index is 1.39. The third-order valence-electron chi connectivity index (χ3n) is 9.54. The third kappa shape index (κ3) is 8.46. The first-order valence-corrected chi connectivity index (χ1v) is 16.7. The lowest BCUT2D eigenvalue weighted by Gasteiger charge is -2.36. The van der Waals surface area contributed by atoms with E-state index in [9.17, 15) is 36.6 Å². The maximum absolute atomic E-state index is 15.0. The Morgan fingerprint density at radius 2 is 1.61 bits per heavy atom. The van der Waals surface area contributed by atoms with Gasteiger partial charge in [-0.3, -0.25) is 9.59 Å². The van der Waals surface area contributed by atoms with E-state index in [2.05, 4.69) is 10.6 Å². The summed E-state index contributed by atoms with van der Waals surface area (Å²) >= 11 is 0. The predicted molar refractivity (Wildman–Crippen MR) is 172 cm³/mol. The molecule has 0 unspecified atom stereocenters. The molecule has 2 aliphatic rings. The Labute approximate surface area is 281 Å². The first-order chi connectivity index (χ1) is 23.2. The van der Waals surface area contributed by atoms with Gasteiger partial charge in [0.05, 0.1) is 17.7 Å². The second kappa shape index (κ2) is 14.9. The topological polar surface area (TPSA) is 81.7 Å². The molecule has 3 aromatic rings. The molecule has 2 amide bonds. The molecule has 1 fully saturated rings. The summed E-state index contributed by atoms with van der Waals surface area (Å²) in [6, 6.07) is 8.72. The summed E-state index contributed by atoms with van der Waals surface area (Å²) in [5.74, 6) is -3.65. The molecular weight excluding hydrogens is 648 g/mol. The van der Waals surface area contributed by atoms with Crippen molar-refractivity contribution in [1.82, 2.24) is 15.5 Å². The molecule has 3 aromatic carbocycles. The van der Waals surface area contributed by atoms with E-state index in [1.165, 1.54) is 6.07 Å². The average Bonchev–Trinajstić information content (AvgIpc) is 3.84. The Kier molecular flexibility index (Phi) is 11.1. The summed E-state index contributed by atoms with van der Waals surface area (Å²) in [6.45, 7) is 4.21. The zero-order chi connectivity index (χ0) is 35.5. The number of amides is 2. The molecule has 49 heavy (non-hydrogen) atoms. The van der Waals surface area contributed by atoms with Crippen molar-refractivity contribution in [3.8, 4) is 0 Å². The fourth-order valence-corrected chi connectivity index (χ4v) is 6.90. The molecule has 1 aliphatic heterocycles. The van der Waals surface area contributed by atoms with Crippen LogP contribution >= 0.6 is 0 Å². The van der Waals surface area contributed by atoms with Crippen LogP contribution in [0.5, 0.6) is 0 Å². The second-order valence-corrected chi connectivity index (χ2v) is 13.1. The van der Waals surface area contributed by atoms with Crippen LogP contribution in [-0.4, -0.2) is 53.1 Å². The minimum atomic E-state index is -4.53. The van der Waals surface area contributed by atoms with Gasteiger partial charge in [0.25, 0.3) is 11.8 Å². The van der Waals surface area contributed by atoms with E-state index >= 15 is 4.39 Å². The number of hydrogen-bond donors (Lipinski definition) is 3. The highest BCUT2D eigenvalue weighted by Gasteiger charge is 2.45. The van der Waals surface area contributed by atoms with Gasteiger partial charge in [0.1, 0.15) is 17.5 Å². The van der Waals surface area contributed by atoms with Crippen LogP contribution in [0.2, 0.25) is 0 Å². The molecule has 2 atom stereocenters. The lowest BCUT2D eigenvalue weighted by molar-refractivity contribution is -0.137. The molecule has 6 nitrogen and oxygen atoms in total. The number of halogens is 6. The number of aliphatic hydroxyl groups excluding tert-OH is 1. The van der Waals surface area contributed by atoms with Gasteiger partial charge in [-0.15, -0.1) is 0 Å². The third-order valence-corrected chi connectivity index (χ3v) is 9.54. The number of rotatable bonds is 14. The molecule has 12 heteroatoms. The van der Waals surface area contributed by atoms with Crippen LogP contribution in [0.4, 0.5) is 26.3 Å². The lowest BCUT2D eigenvalue weighted by Crippen LogP contribution is -2.50. The largest absolute Gasteiger partial charge is 0.416 e. The van der Waals surface area contributed by atoms with E-state index in [4.69, 9.17) is 0 Å². The van der Waals surface area contributed by atoms with E-state index < -0.39 is 52.8 Å². The number of hydrogen-bond acceptors (Lipinski definition) is 4. The summed E-state index contributed by atoms with van der Waals surface area (Å²) in [6.07, 6.45) is -1.51. The van der Waals surface area contributed by atoms with Crippen molar-refractivity contribution in [2.24, 2.45) is 0 Å². The molecule has 264 valence electrons. The van der Waals surface area contributed by atoms with Gasteiger partial charge in [-0.05, 0) is 91.6 Å². The lowest BCUT2D eigenvalue weighted by atomic mass is 9.90. The summed E-state index contributed by atoms with van der Waals surface area (Å²) in [5.41, 5.74) is -0.721. The van der Waals surface area contributed by atoms with Crippen molar-refractivity contribution in [3.05, 3.63) is 105 Å². The standard InChI is InChI=1S/C37H41F6N3O3/c1-3-6-28(7-4-2)46-13-10-29-30(19-27(40)20-31(29)35(46)49)34(48)45-32(16-22-14-25(38)18-26(39)15-22)33(47)21-44-36(11-12-36)23-8-5-9-24(17-23)37(41,42)43/h5,8-9,14-15,17-20,28,32-33,44,47H,3-4,6-7,10-13,16,21H2,1-2H3,(H,45,48)/t32-,33+/m0/s1. The molecule has 1 saturated carbocycles. The van der Waals surface area contributed by atoms with E-state index in [1.807, 2.05) is 13.8 Å². The minimum Gasteiger partial charge on any atom is -0.390 e. The van der Waals surface area contributed by atoms with Gasteiger partial charge < -0.3 is 20.6 Å². The van der Waals surface area contributed by atoms with E-state index in [1.54, 1.807) is 11.0 Å². The number of aliphatic hydroxyl groups is 1. The molecule has 5 rings (SSSR count). The Bertz CT molecular complexity index is 1650. The van der Waals surface area contributed by atoms with E-state index in [-0.39, 0.29) is 41.6 Å². The zero-order valence-electron chi connectivity index (χ0n) is 27.5. The van der Waals surface area contributed by atoms with Crippen molar-refractivity contribution in [3.63, 3.8) is 0 Å². The number of nitrogens with zero attached hydrogens (tertiary/aromatic N) is 1. The van der Waals surface area contributed by atoms with Crippen molar-refractivity contribution in [2.45, 2.75) is 95.1 Å². The van der Waals surface area contributed by atoms with Crippen molar-refractivity contribution in [1.29, 1.82) is 0 Å². The van der Waals surface area contributed by atoms with Gasteiger partial charge in [0.15, 0.2) is 0 Å². The fraction of sp³-hybridized carbons (Fsp3) is 0.459. The van der Waals surface area contributed by atoms with Gasteiger partial charge >= 0.3 is 6.18 Å². The van der Waals surface area contributed by atoms with Gasteiger partial charge in [-0.25, -0.2) is 13.2 Å². The molecule has 3 N–H and O–H groups in total. The number of carbonyl (C=O) groups is 2. The highest BCUT2D eigenvalue weighted by molar-refractivity contribution is 6.03. The van der Waals surface area contributed by atoms with Crippen molar-refractivity contribution >= 4 is 11.8 Å². The number of carbonyl (C=O) groups excluding carboxylic acids is 2.